The van der Waals surface area contributed by atoms with E-state index in [0.29, 0.717) is 11.8 Å². The second-order valence-corrected chi connectivity index (χ2v) is 8.05. The van der Waals surface area contributed by atoms with Crippen LogP contribution in [0, 0.1) is 0 Å². The fourth-order valence-electron chi connectivity index (χ4n) is 2.73. The van der Waals surface area contributed by atoms with Crippen molar-refractivity contribution >= 4 is 15.9 Å². The fourth-order valence-corrected chi connectivity index (χ4v) is 3.94. The molecule has 0 unspecified atom stereocenters. The van der Waals surface area contributed by atoms with Crippen molar-refractivity contribution in [1.29, 1.82) is 0 Å². The van der Waals surface area contributed by atoms with Gasteiger partial charge in [-0.15, -0.1) is 0 Å². The van der Waals surface area contributed by atoms with E-state index < -0.39 is 32.6 Å². The Hall–Kier alpha value is -3.60. The predicted octanol–water partition coefficient (Wildman–Crippen LogP) is 3.81. The van der Waals surface area contributed by atoms with E-state index in [0.717, 1.165) is 18.2 Å². The van der Waals surface area contributed by atoms with Gasteiger partial charge in [0.05, 0.1) is 23.3 Å². The van der Waals surface area contributed by atoms with Crippen molar-refractivity contribution in [3.63, 3.8) is 0 Å². The highest BCUT2D eigenvalue weighted by atomic mass is 32.2. The third kappa shape index (κ3) is 5.35. The van der Waals surface area contributed by atoms with Gasteiger partial charge in [-0.25, -0.2) is 13.1 Å². The highest BCUT2D eigenvalue weighted by Crippen LogP contribution is 2.34. The molecule has 0 spiro atoms. The summed E-state index contributed by atoms with van der Waals surface area (Å²) in [5, 5.41) is 0. The Morgan fingerprint density at radius 1 is 1.03 bits per heavy atom. The summed E-state index contributed by atoms with van der Waals surface area (Å²) in [7, 11) is -3.48. The van der Waals surface area contributed by atoms with E-state index in [1.165, 1.54) is 25.3 Å². The SMILES string of the molecule is COc1cc(C(=O)NS(=O)(=O)c2ccccc2C(F)(F)F)ccc1OCc1ccccn1. The Morgan fingerprint density at radius 3 is 2.41 bits per heavy atom. The molecule has 3 aromatic rings. The Balaban J connectivity index is 1.81. The van der Waals surface area contributed by atoms with Crippen molar-refractivity contribution in [3.8, 4) is 11.5 Å². The minimum Gasteiger partial charge on any atom is -0.493 e. The molecule has 0 saturated heterocycles. The smallest absolute Gasteiger partial charge is 0.417 e. The summed E-state index contributed by atoms with van der Waals surface area (Å²) in [5.41, 5.74) is -0.887. The van der Waals surface area contributed by atoms with Crippen molar-refractivity contribution in [2.45, 2.75) is 17.7 Å². The molecule has 0 bridgehead atoms. The van der Waals surface area contributed by atoms with Gasteiger partial charge in [-0.2, -0.15) is 13.2 Å². The zero-order chi connectivity index (χ0) is 23.4. The normalized spacial score (nSPS) is 11.6. The van der Waals surface area contributed by atoms with Gasteiger partial charge in [0, 0.05) is 11.8 Å². The molecule has 0 aliphatic heterocycles. The van der Waals surface area contributed by atoms with Gasteiger partial charge in [-0.3, -0.25) is 9.78 Å². The maximum Gasteiger partial charge on any atom is 0.417 e. The van der Waals surface area contributed by atoms with Crippen LogP contribution in [0.2, 0.25) is 0 Å². The molecule has 0 aliphatic carbocycles. The van der Waals surface area contributed by atoms with Gasteiger partial charge in [0.1, 0.15) is 6.61 Å². The number of sulfonamides is 1. The zero-order valence-corrected chi connectivity index (χ0v) is 17.4. The quantitative estimate of drug-likeness (QED) is 0.569. The van der Waals surface area contributed by atoms with Gasteiger partial charge < -0.3 is 9.47 Å². The molecule has 3 rings (SSSR count). The summed E-state index contributed by atoms with van der Waals surface area (Å²) in [4.78, 5) is 15.5. The molecule has 1 aromatic heterocycles. The summed E-state index contributed by atoms with van der Waals surface area (Å²) >= 11 is 0. The summed E-state index contributed by atoms with van der Waals surface area (Å²) in [5.74, 6) is -0.738. The van der Waals surface area contributed by atoms with Crippen LogP contribution >= 0.6 is 0 Å². The van der Waals surface area contributed by atoms with E-state index in [-0.39, 0.29) is 23.7 Å². The number of halogens is 3. The first-order valence-corrected chi connectivity index (χ1v) is 10.5. The molecule has 0 saturated carbocycles. The number of hydrogen-bond acceptors (Lipinski definition) is 6. The number of carbonyl (C=O) groups excluding carboxylic acids is 1. The van der Waals surface area contributed by atoms with Crippen molar-refractivity contribution in [3.05, 3.63) is 83.7 Å². The van der Waals surface area contributed by atoms with Crippen molar-refractivity contribution in [2.75, 3.05) is 7.11 Å². The summed E-state index contributed by atoms with van der Waals surface area (Å²) in [6.07, 6.45) is -3.31. The van der Waals surface area contributed by atoms with Gasteiger partial charge in [0.25, 0.3) is 15.9 Å². The minimum atomic E-state index is -4.91. The molecule has 1 N–H and O–H groups in total. The predicted molar refractivity (Wildman–Crippen MR) is 108 cm³/mol. The largest absolute Gasteiger partial charge is 0.493 e. The Bertz CT molecular complexity index is 1220. The molecular formula is C21H17F3N2O5S. The molecule has 11 heteroatoms. The van der Waals surface area contributed by atoms with Crippen molar-refractivity contribution in [2.24, 2.45) is 0 Å². The molecule has 1 heterocycles. The molecule has 0 radical (unpaired) electrons. The number of hydrogen-bond donors (Lipinski definition) is 1. The van der Waals surface area contributed by atoms with Crippen molar-refractivity contribution < 1.29 is 35.9 Å². The summed E-state index contributed by atoms with van der Waals surface area (Å²) in [6, 6.07) is 12.7. The van der Waals surface area contributed by atoms with E-state index in [2.05, 4.69) is 4.98 Å². The molecule has 0 atom stereocenters. The fraction of sp³-hybridized carbons (Fsp3) is 0.143. The number of aromatic nitrogens is 1. The van der Waals surface area contributed by atoms with Crippen LogP contribution in [-0.2, 0) is 22.8 Å². The number of carbonyl (C=O) groups is 1. The Labute approximate surface area is 181 Å². The number of methoxy groups -OCH3 is 1. The van der Waals surface area contributed by atoms with Gasteiger partial charge >= 0.3 is 6.18 Å². The van der Waals surface area contributed by atoms with E-state index >= 15 is 0 Å². The second kappa shape index (κ2) is 9.27. The van der Waals surface area contributed by atoms with E-state index in [1.54, 1.807) is 29.1 Å². The number of benzene rings is 2. The third-order valence-corrected chi connectivity index (χ3v) is 5.63. The van der Waals surface area contributed by atoms with Crippen LogP contribution in [0.1, 0.15) is 21.6 Å². The van der Waals surface area contributed by atoms with Gasteiger partial charge in [-0.05, 0) is 42.5 Å². The maximum absolute atomic E-state index is 13.2. The van der Waals surface area contributed by atoms with Gasteiger partial charge in [0.2, 0.25) is 0 Å². The maximum atomic E-state index is 13.2. The monoisotopic (exact) mass is 466 g/mol. The first kappa shape index (κ1) is 23.1. The standard InChI is InChI=1S/C21H17F3N2O5S/c1-30-18-12-14(9-10-17(18)31-13-15-6-4-5-11-25-15)20(27)26-32(28,29)19-8-3-2-7-16(19)21(22,23)24/h2-12H,13H2,1H3,(H,26,27). The van der Waals surface area contributed by atoms with Gasteiger partial charge in [0.15, 0.2) is 11.5 Å². The third-order valence-electron chi connectivity index (χ3n) is 4.24. The molecule has 7 nitrogen and oxygen atoms in total. The van der Waals surface area contributed by atoms with Gasteiger partial charge in [-0.1, -0.05) is 18.2 Å². The van der Waals surface area contributed by atoms with Crippen LogP contribution in [0.4, 0.5) is 13.2 Å². The molecule has 0 aliphatic rings. The highest BCUT2D eigenvalue weighted by Gasteiger charge is 2.37. The number of pyridine rings is 1. The average molecular weight is 466 g/mol. The Kier molecular flexibility index (Phi) is 6.68. The number of nitrogens with zero attached hydrogens (tertiary/aromatic N) is 1. The number of amides is 1. The molecular weight excluding hydrogens is 449 g/mol. The number of nitrogens with one attached hydrogen (secondary N) is 1. The van der Waals surface area contributed by atoms with E-state index in [1.807, 2.05) is 0 Å². The van der Waals surface area contributed by atoms with E-state index in [4.69, 9.17) is 9.47 Å². The number of rotatable bonds is 7. The van der Waals surface area contributed by atoms with Crippen LogP contribution in [0.3, 0.4) is 0 Å². The first-order valence-electron chi connectivity index (χ1n) is 9.06. The van der Waals surface area contributed by atoms with Crippen molar-refractivity contribution in [1.82, 2.24) is 9.71 Å². The molecule has 2 aromatic carbocycles. The van der Waals surface area contributed by atoms with E-state index in [9.17, 15) is 26.4 Å². The molecule has 0 fully saturated rings. The van der Waals surface area contributed by atoms with Crippen LogP contribution in [0.15, 0.2) is 71.8 Å². The lowest BCUT2D eigenvalue weighted by Crippen LogP contribution is -2.32. The lowest BCUT2D eigenvalue weighted by Gasteiger charge is -2.14. The number of ether oxygens (including phenoxy) is 2. The lowest BCUT2D eigenvalue weighted by atomic mass is 10.2. The molecule has 168 valence electrons. The second-order valence-electron chi connectivity index (χ2n) is 6.40. The highest BCUT2D eigenvalue weighted by molar-refractivity contribution is 7.90. The summed E-state index contributed by atoms with van der Waals surface area (Å²) < 4.78 is 76.9. The van der Waals surface area contributed by atoms with Crippen LogP contribution in [-0.4, -0.2) is 26.4 Å². The van der Waals surface area contributed by atoms with Crippen LogP contribution in [0.5, 0.6) is 11.5 Å². The zero-order valence-electron chi connectivity index (χ0n) is 16.6. The molecule has 1 amide bonds. The Morgan fingerprint density at radius 2 is 1.75 bits per heavy atom. The minimum absolute atomic E-state index is 0.116. The average Bonchev–Trinajstić information content (AvgIpc) is 2.77. The summed E-state index contributed by atoms with van der Waals surface area (Å²) in [6.45, 7) is 0.116. The first-order chi connectivity index (χ1) is 15.1. The molecule has 32 heavy (non-hydrogen) atoms. The number of alkyl halides is 3. The van der Waals surface area contributed by atoms with Crippen LogP contribution in [0.25, 0.3) is 0 Å². The van der Waals surface area contributed by atoms with Crippen LogP contribution < -0.4 is 14.2 Å². The topological polar surface area (TPSA) is 94.6 Å². The lowest BCUT2D eigenvalue weighted by molar-refractivity contribution is -0.139.